The number of aromatic hydroxyl groups is 1. The molecule has 3 aromatic rings. The van der Waals surface area contributed by atoms with E-state index in [1.54, 1.807) is 25.1 Å². The van der Waals surface area contributed by atoms with Crippen molar-refractivity contribution in [1.29, 1.82) is 0 Å². The van der Waals surface area contributed by atoms with Crippen LogP contribution < -0.4 is 0 Å². The minimum absolute atomic E-state index is 0.210. The Morgan fingerprint density at radius 1 is 1.00 bits per heavy atom. The predicted molar refractivity (Wildman–Crippen MR) is 92.3 cm³/mol. The maximum Gasteiger partial charge on any atom is 0.331 e. The van der Waals surface area contributed by atoms with E-state index in [1.807, 2.05) is 48.5 Å². The first-order valence-electron chi connectivity index (χ1n) is 7.29. The lowest BCUT2D eigenvalue weighted by molar-refractivity contribution is -0.132. The van der Waals surface area contributed by atoms with Crippen LogP contribution in [0.25, 0.3) is 28.0 Å². The third kappa shape index (κ3) is 2.94. The van der Waals surface area contributed by atoms with Gasteiger partial charge in [0, 0.05) is 5.57 Å². The van der Waals surface area contributed by atoms with Crippen LogP contribution in [0, 0.1) is 0 Å². The predicted octanol–water partition coefficient (Wildman–Crippen LogP) is 4.70. The van der Waals surface area contributed by atoms with Gasteiger partial charge in [-0.05, 0) is 52.6 Å². The molecule has 3 aromatic carbocycles. The van der Waals surface area contributed by atoms with Gasteiger partial charge in [0.25, 0.3) is 0 Å². The molecule has 3 heteroatoms. The second-order valence-electron chi connectivity index (χ2n) is 5.43. The van der Waals surface area contributed by atoms with E-state index in [0.29, 0.717) is 0 Å². The van der Waals surface area contributed by atoms with E-state index in [9.17, 15) is 9.90 Å². The molecule has 0 amide bonds. The number of phenolic OH excluding ortho intramolecular Hbond substituents is 1. The summed E-state index contributed by atoms with van der Waals surface area (Å²) < 4.78 is 0. The first kappa shape index (κ1) is 14.9. The Labute approximate surface area is 134 Å². The number of rotatable bonds is 3. The van der Waals surface area contributed by atoms with E-state index >= 15 is 0 Å². The summed E-state index contributed by atoms with van der Waals surface area (Å²) in [6, 6.07) is 18.8. The summed E-state index contributed by atoms with van der Waals surface area (Å²) >= 11 is 0. The maximum absolute atomic E-state index is 11.2. The Hall–Kier alpha value is -3.07. The molecular formula is C20H16O3. The van der Waals surface area contributed by atoms with E-state index in [0.717, 1.165) is 27.5 Å². The van der Waals surface area contributed by atoms with Gasteiger partial charge in [0.15, 0.2) is 0 Å². The van der Waals surface area contributed by atoms with Crippen LogP contribution in [0.4, 0.5) is 0 Å². The average molecular weight is 304 g/mol. The van der Waals surface area contributed by atoms with Crippen LogP contribution in [0.3, 0.4) is 0 Å². The molecular weight excluding hydrogens is 288 g/mol. The Bertz CT molecular complexity index is 909. The summed E-state index contributed by atoms with van der Waals surface area (Å²) in [6.07, 6.45) is 1.68. The van der Waals surface area contributed by atoms with Crippen LogP contribution in [-0.4, -0.2) is 16.2 Å². The van der Waals surface area contributed by atoms with Crippen molar-refractivity contribution in [2.24, 2.45) is 0 Å². The molecule has 0 unspecified atom stereocenters. The van der Waals surface area contributed by atoms with Crippen LogP contribution in [-0.2, 0) is 4.79 Å². The third-order valence-electron chi connectivity index (χ3n) is 3.81. The molecule has 0 heterocycles. The van der Waals surface area contributed by atoms with Gasteiger partial charge in [-0.25, -0.2) is 4.79 Å². The third-order valence-corrected chi connectivity index (χ3v) is 3.81. The molecule has 3 rings (SSSR count). The molecule has 0 bridgehead atoms. The largest absolute Gasteiger partial charge is 0.508 e. The SMILES string of the molecule is C/C(=C\c1ccc2cc(O)ccc2c1-c1ccccc1)C(=O)O. The molecule has 0 radical (unpaired) electrons. The Morgan fingerprint density at radius 2 is 1.74 bits per heavy atom. The highest BCUT2D eigenvalue weighted by Crippen LogP contribution is 2.34. The zero-order valence-electron chi connectivity index (χ0n) is 12.7. The summed E-state index contributed by atoms with van der Waals surface area (Å²) in [7, 11) is 0. The van der Waals surface area contributed by atoms with Crippen molar-refractivity contribution in [3.8, 4) is 16.9 Å². The van der Waals surface area contributed by atoms with Crippen LogP contribution in [0.15, 0.2) is 66.2 Å². The van der Waals surface area contributed by atoms with E-state index in [4.69, 9.17) is 5.11 Å². The van der Waals surface area contributed by atoms with Gasteiger partial charge in [-0.1, -0.05) is 48.5 Å². The van der Waals surface area contributed by atoms with E-state index < -0.39 is 5.97 Å². The monoisotopic (exact) mass is 304 g/mol. The topological polar surface area (TPSA) is 57.5 Å². The Morgan fingerprint density at radius 3 is 2.43 bits per heavy atom. The lowest BCUT2D eigenvalue weighted by Crippen LogP contribution is -1.96. The van der Waals surface area contributed by atoms with E-state index in [-0.39, 0.29) is 11.3 Å². The first-order valence-corrected chi connectivity index (χ1v) is 7.29. The molecule has 0 spiro atoms. The standard InChI is InChI=1S/C20H16O3/c1-13(20(22)23)11-16-8-7-15-12-17(21)9-10-18(15)19(16)14-5-3-2-4-6-14/h2-12,21H,1H3,(H,22,23)/b13-11+. The normalized spacial score (nSPS) is 11.6. The highest BCUT2D eigenvalue weighted by Gasteiger charge is 2.10. The van der Waals surface area contributed by atoms with Gasteiger partial charge in [-0.15, -0.1) is 0 Å². The van der Waals surface area contributed by atoms with Gasteiger partial charge < -0.3 is 10.2 Å². The molecule has 2 N–H and O–H groups in total. The van der Waals surface area contributed by atoms with E-state index in [2.05, 4.69) is 0 Å². The van der Waals surface area contributed by atoms with Crippen molar-refractivity contribution < 1.29 is 15.0 Å². The van der Waals surface area contributed by atoms with Gasteiger partial charge in [0.2, 0.25) is 0 Å². The summed E-state index contributed by atoms with van der Waals surface area (Å²) in [5, 5.41) is 20.7. The number of carboxylic acid groups (broad SMARTS) is 1. The first-order chi connectivity index (χ1) is 11.1. The molecule has 114 valence electrons. The summed E-state index contributed by atoms with van der Waals surface area (Å²) in [5.41, 5.74) is 3.09. The lowest BCUT2D eigenvalue weighted by atomic mass is 9.92. The second-order valence-corrected chi connectivity index (χ2v) is 5.43. The van der Waals surface area contributed by atoms with Crippen LogP contribution in [0.1, 0.15) is 12.5 Å². The number of phenols is 1. The summed E-state index contributed by atoms with van der Waals surface area (Å²) in [5.74, 6) is -0.726. The van der Waals surface area contributed by atoms with Gasteiger partial charge in [-0.2, -0.15) is 0 Å². The summed E-state index contributed by atoms with van der Waals surface area (Å²) in [4.78, 5) is 11.2. The Balaban J connectivity index is 2.34. The van der Waals surface area contributed by atoms with Gasteiger partial charge in [0.1, 0.15) is 5.75 Å². The highest BCUT2D eigenvalue weighted by molar-refractivity contribution is 6.03. The minimum Gasteiger partial charge on any atom is -0.508 e. The molecule has 0 atom stereocenters. The van der Waals surface area contributed by atoms with Crippen molar-refractivity contribution in [3.05, 3.63) is 71.8 Å². The van der Waals surface area contributed by atoms with Gasteiger partial charge in [0.05, 0.1) is 0 Å². The number of hydrogen-bond acceptors (Lipinski definition) is 2. The smallest absolute Gasteiger partial charge is 0.331 e. The molecule has 0 aliphatic carbocycles. The summed E-state index contributed by atoms with van der Waals surface area (Å²) in [6.45, 7) is 1.58. The molecule has 0 fully saturated rings. The van der Waals surface area contributed by atoms with E-state index in [1.165, 1.54) is 0 Å². The average Bonchev–Trinajstić information content (AvgIpc) is 2.55. The molecule has 23 heavy (non-hydrogen) atoms. The van der Waals surface area contributed by atoms with Gasteiger partial charge in [-0.3, -0.25) is 0 Å². The molecule has 0 aliphatic rings. The molecule has 0 saturated heterocycles. The number of carbonyl (C=O) groups is 1. The van der Waals surface area contributed by atoms with Crippen LogP contribution in [0.2, 0.25) is 0 Å². The quantitative estimate of drug-likeness (QED) is 0.689. The van der Waals surface area contributed by atoms with Crippen molar-refractivity contribution in [1.82, 2.24) is 0 Å². The second kappa shape index (κ2) is 5.97. The zero-order chi connectivity index (χ0) is 16.4. The highest BCUT2D eigenvalue weighted by atomic mass is 16.4. The fourth-order valence-corrected chi connectivity index (χ4v) is 2.68. The van der Waals surface area contributed by atoms with Crippen molar-refractivity contribution in [2.75, 3.05) is 0 Å². The molecule has 0 saturated carbocycles. The fraction of sp³-hybridized carbons (Fsp3) is 0.0500. The molecule has 3 nitrogen and oxygen atoms in total. The number of aliphatic carboxylic acids is 1. The van der Waals surface area contributed by atoms with Crippen LogP contribution in [0.5, 0.6) is 5.75 Å². The number of benzene rings is 3. The van der Waals surface area contributed by atoms with Crippen molar-refractivity contribution in [2.45, 2.75) is 6.92 Å². The Kier molecular flexibility index (Phi) is 3.85. The van der Waals surface area contributed by atoms with Gasteiger partial charge >= 0.3 is 5.97 Å². The molecule has 0 aliphatic heterocycles. The number of hydrogen-bond donors (Lipinski definition) is 2. The number of fused-ring (bicyclic) bond motifs is 1. The van der Waals surface area contributed by atoms with Crippen molar-refractivity contribution >= 4 is 22.8 Å². The van der Waals surface area contributed by atoms with Crippen molar-refractivity contribution in [3.63, 3.8) is 0 Å². The lowest BCUT2D eigenvalue weighted by Gasteiger charge is -2.12. The van der Waals surface area contributed by atoms with Crippen LogP contribution >= 0.6 is 0 Å². The number of carboxylic acids is 1. The zero-order valence-corrected chi connectivity index (χ0v) is 12.7. The fourth-order valence-electron chi connectivity index (χ4n) is 2.68. The minimum atomic E-state index is -0.935. The maximum atomic E-state index is 11.2. The molecule has 0 aromatic heterocycles.